The second-order valence-electron chi connectivity index (χ2n) is 10.3. The number of rotatable bonds is 5. The lowest BCUT2D eigenvalue weighted by Crippen LogP contribution is -2.66. The summed E-state index contributed by atoms with van der Waals surface area (Å²) in [7, 11) is 0. The van der Waals surface area contributed by atoms with E-state index in [0.29, 0.717) is 24.8 Å². The van der Waals surface area contributed by atoms with Crippen molar-refractivity contribution in [1.82, 2.24) is 9.88 Å². The number of benzene rings is 3. The Bertz CT molecular complexity index is 1450. The van der Waals surface area contributed by atoms with E-state index in [2.05, 4.69) is 22.0 Å². The molecule has 2 heterocycles. The molecule has 184 valence electrons. The molecule has 1 aromatic heterocycles. The number of non-ortho nitro benzene ring substituents is 1. The molecule has 1 fully saturated rings. The standard InChI is InChI=1S/C29H29N3O4/c33-22-9-4-8-21(16-22)28-13-15-31(14-12-20-6-2-1-3-7-20)19-29(28,34)17-23-25(18-28)30-24-10-5-11-26(27(23)24)32(35)36/h1-11,16,30,33-34H,12-15,17-19H2/t28-,29-/m0/s1. The molecule has 3 N–H and O–H groups in total. The fraction of sp³-hybridized carbons (Fsp3) is 0.310. The number of aliphatic hydroxyl groups is 1. The fourth-order valence-electron chi connectivity index (χ4n) is 6.54. The van der Waals surface area contributed by atoms with Gasteiger partial charge in [0.2, 0.25) is 0 Å². The minimum atomic E-state index is -1.15. The van der Waals surface area contributed by atoms with Crippen molar-refractivity contribution >= 4 is 16.6 Å². The largest absolute Gasteiger partial charge is 0.508 e. The molecule has 7 nitrogen and oxygen atoms in total. The van der Waals surface area contributed by atoms with Gasteiger partial charge in [0.15, 0.2) is 0 Å². The van der Waals surface area contributed by atoms with Gasteiger partial charge in [0.25, 0.3) is 5.69 Å². The number of nitrogens with zero attached hydrogens (tertiary/aromatic N) is 2. The molecular formula is C29H29N3O4. The number of phenolic OH excluding ortho intramolecular Hbond substituents is 1. The Kier molecular flexibility index (Phi) is 5.35. The lowest BCUT2D eigenvalue weighted by Gasteiger charge is -2.56. The number of aromatic nitrogens is 1. The first-order valence-corrected chi connectivity index (χ1v) is 12.4. The second-order valence-corrected chi connectivity index (χ2v) is 10.3. The zero-order valence-electron chi connectivity index (χ0n) is 20.0. The highest BCUT2D eigenvalue weighted by molar-refractivity contribution is 5.93. The maximum absolute atomic E-state index is 12.5. The van der Waals surface area contributed by atoms with Crippen molar-refractivity contribution in [3.8, 4) is 5.75 Å². The van der Waals surface area contributed by atoms with Crippen molar-refractivity contribution in [2.45, 2.75) is 36.7 Å². The minimum Gasteiger partial charge on any atom is -0.508 e. The molecule has 3 aromatic carbocycles. The Morgan fingerprint density at radius 3 is 2.61 bits per heavy atom. The Balaban J connectivity index is 1.43. The summed E-state index contributed by atoms with van der Waals surface area (Å²) >= 11 is 0. The molecule has 0 saturated carbocycles. The maximum Gasteiger partial charge on any atom is 0.279 e. The van der Waals surface area contributed by atoms with E-state index < -0.39 is 11.0 Å². The predicted octanol–water partition coefficient (Wildman–Crippen LogP) is 4.50. The van der Waals surface area contributed by atoms with Crippen LogP contribution in [0.15, 0.2) is 72.8 Å². The topological polar surface area (TPSA) is 103 Å². The van der Waals surface area contributed by atoms with Gasteiger partial charge in [-0.2, -0.15) is 0 Å². The number of hydrogen-bond donors (Lipinski definition) is 3. The zero-order valence-corrected chi connectivity index (χ0v) is 20.0. The van der Waals surface area contributed by atoms with Crippen LogP contribution in [0.2, 0.25) is 0 Å². The molecule has 1 aliphatic carbocycles. The Hall–Kier alpha value is -3.68. The molecule has 6 rings (SSSR count). The van der Waals surface area contributed by atoms with E-state index in [-0.39, 0.29) is 16.4 Å². The summed E-state index contributed by atoms with van der Waals surface area (Å²) in [6.45, 7) is 2.10. The first-order valence-electron chi connectivity index (χ1n) is 12.4. The summed E-state index contributed by atoms with van der Waals surface area (Å²) in [5.74, 6) is 0.175. The second kappa shape index (κ2) is 8.47. The first kappa shape index (κ1) is 22.8. The molecule has 1 saturated heterocycles. The van der Waals surface area contributed by atoms with E-state index in [0.717, 1.165) is 48.3 Å². The molecule has 4 aromatic rings. The normalized spacial score (nSPS) is 23.8. The Morgan fingerprint density at radius 2 is 1.83 bits per heavy atom. The highest BCUT2D eigenvalue weighted by atomic mass is 16.6. The molecule has 0 unspecified atom stereocenters. The van der Waals surface area contributed by atoms with Crippen LogP contribution in [0.3, 0.4) is 0 Å². The smallest absolute Gasteiger partial charge is 0.279 e. The van der Waals surface area contributed by atoms with Gasteiger partial charge in [-0.1, -0.05) is 48.5 Å². The molecular weight excluding hydrogens is 454 g/mol. The lowest BCUT2D eigenvalue weighted by atomic mass is 9.56. The van der Waals surface area contributed by atoms with E-state index in [1.807, 2.05) is 36.4 Å². The van der Waals surface area contributed by atoms with E-state index in [4.69, 9.17) is 0 Å². The zero-order chi connectivity index (χ0) is 24.9. The molecule has 36 heavy (non-hydrogen) atoms. The number of phenols is 1. The number of nitro benzene ring substituents is 1. The summed E-state index contributed by atoms with van der Waals surface area (Å²) < 4.78 is 0. The maximum atomic E-state index is 12.5. The molecule has 0 amide bonds. The number of fused-ring (bicyclic) bond motifs is 4. The summed E-state index contributed by atoms with van der Waals surface area (Å²) in [4.78, 5) is 17.3. The number of aromatic amines is 1. The van der Waals surface area contributed by atoms with Crippen molar-refractivity contribution in [3.63, 3.8) is 0 Å². The predicted molar refractivity (Wildman–Crippen MR) is 138 cm³/mol. The molecule has 7 heteroatoms. The highest BCUT2D eigenvalue weighted by Gasteiger charge is 2.57. The van der Waals surface area contributed by atoms with Crippen molar-refractivity contribution in [2.24, 2.45) is 0 Å². The minimum absolute atomic E-state index is 0.0650. The Labute approximate surface area is 209 Å². The van der Waals surface area contributed by atoms with Gasteiger partial charge in [-0.05, 0) is 54.3 Å². The summed E-state index contributed by atoms with van der Waals surface area (Å²) in [5, 5.41) is 35.3. The summed E-state index contributed by atoms with van der Waals surface area (Å²) in [5.41, 5.74) is 2.96. The third-order valence-corrected chi connectivity index (χ3v) is 8.33. The van der Waals surface area contributed by atoms with E-state index in [1.54, 1.807) is 18.2 Å². The van der Waals surface area contributed by atoms with E-state index in [1.165, 1.54) is 11.6 Å². The quantitative estimate of drug-likeness (QED) is 0.287. The summed E-state index contributed by atoms with van der Waals surface area (Å²) in [6.07, 6.45) is 2.45. The van der Waals surface area contributed by atoms with Gasteiger partial charge in [0.1, 0.15) is 5.75 Å². The average Bonchev–Trinajstić information content (AvgIpc) is 3.22. The van der Waals surface area contributed by atoms with Gasteiger partial charge in [-0.3, -0.25) is 10.1 Å². The van der Waals surface area contributed by atoms with Crippen LogP contribution in [-0.2, 0) is 24.7 Å². The van der Waals surface area contributed by atoms with Crippen LogP contribution >= 0.6 is 0 Å². The van der Waals surface area contributed by atoms with Gasteiger partial charge < -0.3 is 20.1 Å². The first-order chi connectivity index (χ1) is 17.4. The number of nitro groups is 1. The van der Waals surface area contributed by atoms with Gasteiger partial charge in [0, 0.05) is 43.1 Å². The highest BCUT2D eigenvalue weighted by Crippen LogP contribution is 2.52. The number of β-amino-alcohol motifs (C(OH)–C–C–N with tert-alkyl or cyclic N) is 1. The molecule has 1 aliphatic heterocycles. The van der Waals surface area contributed by atoms with E-state index in [9.17, 15) is 20.3 Å². The van der Waals surface area contributed by atoms with Crippen LogP contribution in [-0.4, -0.2) is 50.3 Å². The van der Waals surface area contributed by atoms with E-state index >= 15 is 0 Å². The fourth-order valence-corrected chi connectivity index (χ4v) is 6.54. The van der Waals surface area contributed by atoms with Crippen LogP contribution in [0.4, 0.5) is 5.69 Å². The number of likely N-dealkylation sites (tertiary alicyclic amines) is 1. The van der Waals surface area contributed by atoms with Crippen molar-refractivity contribution < 1.29 is 15.1 Å². The monoisotopic (exact) mass is 483 g/mol. The number of H-pyrrole nitrogens is 1. The molecule has 2 aliphatic rings. The van der Waals surface area contributed by atoms with Crippen molar-refractivity contribution in [3.05, 3.63) is 105 Å². The summed E-state index contributed by atoms with van der Waals surface area (Å²) in [6, 6.07) is 22.6. The third kappa shape index (κ3) is 3.58. The molecule has 0 spiro atoms. The number of piperidine rings is 1. The number of aromatic hydroxyl groups is 1. The third-order valence-electron chi connectivity index (χ3n) is 8.33. The molecule has 0 radical (unpaired) electrons. The molecule has 2 atom stereocenters. The lowest BCUT2D eigenvalue weighted by molar-refractivity contribution is -0.383. The van der Waals surface area contributed by atoms with Gasteiger partial charge in [-0.15, -0.1) is 0 Å². The van der Waals surface area contributed by atoms with Gasteiger partial charge >= 0.3 is 0 Å². The van der Waals surface area contributed by atoms with Crippen LogP contribution in [0.5, 0.6) is 5.75 Å². The van der Waals surface area contributed by atoms with Gasteiger partial charge in [-0.25, -0.2) is 0 Å². The van der Waals surface area contributed by atoms with Crippen LogP contribution in [0.1, 0.15) is 28.8 Å². The molecule has 0 bridgehead atoms. The SMILES string of the molecule is O=[N+]([O-])c1cccc2[nH]c3c(c12)C[C@]1(O)CN(CCc2ccccc2)CC[C@@]1(c1cccc(O)c1)C3. The van der Waals surface area contributed by atoms with Crippen LogP contribution < -0.4 is 0 Å². The number of nitrogens with one attached hydrogen (secondary N) is 1. The van der Waals surface area contributed by atoms with Crippen molar-refractivity contribution in [1.29, 1.82) is 0 Å². The van der Waals surface area contributed by atoms with Gasteiger partial charge in [0.05, 0.1) is 21.4 Å². The van der Waals surface area contributed by atoms with Crippen LogP contribution in [0.25, 0.3) is 10.9 Å². The number of hydrogen-bond acceptors (Lipinski definition) is 5. The van der Waals surface area contributed by atoms with Crippen LogP contribution in [0, 0.1) is 10.1 Å². The average molecular weight is 484 g/mol. The Morgan fingerprint density at radius 1 is 1.03 bits per heavy atom. The van der Waals surface area contributed by atoms with Crippen molar-refractivity contribution in [2.75, 3.05) is 19.6 Å².